The summed E-state index contributed by atoms with van der Waals surface area (Å²) in [4.78, 5) is 0. The zero-order chi connectivity index (χ0) is 16.6. The van der Waals surface area contributed by atoms with Gasteiger partial charge >= 0.3 is 17.6 Å². The van der Waals surface area contributed by atoms with Crippen LogP contribution in [0, 0.1) is 14.9 Å². The van der Waals surface area contributed by atoms with Crippen LogP contribution in [-0.2, 0) is 86.6 Å². The van der Waals surface area contributed by atoms with Gasteiger partial charge in [-0.2, -0.15) is 13.1 Å². The summed E-state index contributed by atoms with van der Waals surface area (Å²) < 4.78 is 30.5. The normalized spacial score (nSPS) is 27.0. The van der Waals surface area contributed by atoms with Crippen LogP contribution in [0.5, 0.6) is 0 Å². The fourth-order valence-corrected chi connectivity index (χ4v) is 18.9. The van der Waals surface area contributed by atoms with Gasteiger partial charge in [-0.3, -0.25) is 0 Å². The van der Waals surface area contributed by atoms with Gasteiger partial charge in [-0.05, 0) is 18.8 Å². The summed E-state index contributed by atoms with van der Waals surface area (Å²) in [6.07, 6.45) is 1.37. The molecule has 0 aliphatic carbocycles. The Morgan fingerprint density at radius 3 is 1.46 bits per heavy atom. The zero-order valence-electron chi connectivity index (χ0n) is 17.1. The molecule has 0 spiro atoms. The van der Waals surface area contributed by atoms with Crippen molar-refractivity contribution >= 4 is 35.7 Å². The number of nitrogens with one attached hydrogen (secondary N) is 2. The molecule has 0 aromatic rings. The Balaban J connectivity index is -0.000000605. The zero-order valence-corrected chi connectivity index (χ0v) is 26.8. The van der Waals surface area contributed by atoms with E-state index < -0.39 is 35.7 Å². The molecule has 0 amide bonds. The summed E-state index contributed by atoms with van der Waals surface area (Å²) in [6.45, 7) is 4.90. The Kier molecular flexibility index (Phi) is 25.8. The minimum absolute atomic E-state index is 0. The van der Waals surface area contributed by atoms with Gasteiger partial charge in [-0.25, -0.2) is 0 Å². The first-order valence-corrected chi connectivity index (χ1v) is 15.7. The molecule has 13 heteroatoms. The molecule has 0 aromatic carbocycles. The SMILES string of the molecule is CO[Si]1(CCC[NH-])O[Si](C)C[Si](C)O[Si](CCC[NH-])(OC)O1.[CH3-].[CH3-].[Y].[Y]. The van der Waals surface area contributed by atoms with Gasteiger partial charge in [-0.1, -0.05) is 12.8 Å². The van der Waals surface area contributed by atoms with E-state index in [1.165, 1.54) is 0 Å². The molecule has 26 heavy (non-hydrogen) atoms. The van der Waals surface area contributed by atoms with E-state index >= 15 is 0 Å². The topological polar surface area (TPSA) is 93.8 Å². The fraction of sp³-hybridized carbons (Fsp3) is 0.846. The van der Waals surface area contributed by atoms with E-state index in [0.29, 0.717) is 38.0 Å². The van der Waals surface area contributed by atoms with Crippen molar-refractivity contribution in [3.63, 3.8) is 0 Å². The van der Waals surface area contributed by atoms with E-state index in [0.717, 1.165) is 5.67 Å². The predicted molar refractivity (Wildman–Crippen MR) is 107 cm³/mol. The van der Waals surface area contributed by atoms with E-state index in [1.54, 1.807) is 14.2 Å². The quantitative estimate of drug-likeness (QED) is 0.318. The van der Waals surface area contributed by atoms with E-state index in [4.69, 9.17) is 32.7 Å². The van der Waals surface area contributed by atoms with Gasteiger partial charge in [0.2, 0.25) is 0 Å². The Hall–Kier alpha value is 2.80. The summed E-state index contributed by atoms with van der Waals surface area (Å²) in [6, 6.07) is 1.26. The van der Waals surface area contributed by atoms with Crippen LogP contribution in [0.1, 0.15) is 12.8 Å². The second-order valence-electron chi connectivity index (χ2n) is 5.37. The first-order chi connectivity index (χ1) is 10.4. The molecule has 0 saturated carbocycles. The third kappa shape index (κ3) is 11.8. The van der Waals surface area contributed by atoms with Crippen LogP contribution in [0.3, 0.4) is 0 Å². The molecular weight excluding hydrogens is 554 g/mol. The van der Waals surface area contributed by atoms with Crippen LogP contribution in [-0.4, -0.2) is 63.0 Å². The van der Waals surface area contributed by atoms with E-state index in [9.17, 15) is 0 Å². The minimum atomic E-state index is -2.87. The Bertz CT molecular complexity index is 317. The van der Waals surface area contributed by atoms with Gasteiger partial charge in [0.1, 0.15) is 0 Å². The molecule has 1 aliphatic heterocycles. The Labute approximate surface area is 217 Å². The third-order valence-electron chi connectivity index (χ3n) is 3.41. The monoisotopic (exact) mass is 588 g/mol. The Morgan fingerprint density at radius 2 is 1.19 bits per heavy atom. The number of hydrogen-bond acceptors (Lipinski definition) is 5. The maximum absolute atomic E-state index is 7.41. The summed E-state index contributed by atoms with van der Waals surface area (Å²) in [5.74, 6) is 0. The van der Waals surface area contributed by atoms with Crippen molar-refractivity contribution < 1.29 is 86.6 Å². The summed E-state index contributed by atoms with van der Waals surface area (Å²) in [5.41, 5.74) is 15.8. The molecule has 1 saturated heterocycles. The van der Waals surface area contributed by atoms with E-state index in [-0.39, 0.29) is 80.3 Å². The molecule has 0 aromatic heterocycles. The van der Waals surface area contributed by atoms with Crippen LogP contribution in [0.2, 0.25) is 30.8 Å². The molecule has 1 aliphatic rings. The molecule has 2 N–H and O–H groups in total. The van der Waals surface area contributed by atoms with Gasteiger partial charge in [0.05, 0.1) is 0 Å². The van der Waals surface area contributed by atoms with Gasteiger partial charge in [0.15, 0.2) is 18.1 Å². The summed E-state index contributed by atoms with van der Waals surface area (Å²) >= 11 is 0. The smallest absolute Gasteiger partial charge is 0.482 e. The van der Waals surface area contributed by atoms with Gasteiger partial charge in [-0.15, -0.1) is 0 Å². The van der Waals surface area contributed by atoms with Crippen LogP contribution in [0.4, 0.5) is 0 Å². The molecular formula is C13H34N2O5Si4Y2-4. The summed E-state index contributed by atoms with van der Waals surface area (Å²) in [7, 11) is -4.53. The van der Waals surface area contributed by atoms with Crippen molar-refractivity contribution in [3.05, 3.63) is 26.3 Å². The van der Waals surface area contributed by atoms with Gasteiger partial charge in [0.25, 0.3) is 0 Å². The Morgan fingerprint density at radius 1 is 0.846 bits per heavy atom. The molecule has 2 unspecified atom stereocenters. The molecule has 7 nitrogen and oxygen atoms in total. The molecule has 0 bridgehead atoms. The van der Waals surface area contributed by atoms with Gasteiger partial charge < -0.3 is 47.5 Å². The molecule has 1 fully saturated rings. The van der Waals surface area contributed by atoms with Crippen molar-refractivity contribution in [3.8, 4) is 0 Å². The number of hydrogen-bond donors (Lipinski definition) is 0. The molecule has 1 rings (SSSR count). The third-order valence-corrected chi connectivity index (χ3v) is 18.3. The minimum Gasteiger partial charge on any atom is -0.677 e. The first-order valence-electron chi connectivity index (χ1n) is 7.57. The van der Waals surface area contributed by atoms with Gasteiger partial charge in [0, 0.05) is 91.7 Å². The first kappa shape index (κ1) is 36.2. The van der Waals surface area contributed by atoms with Crippen molar-refractivity contribution in [1.82, 2.24) is 0 Å². The van der Waals surface area contributed by atoms with E-state index in [1.807, 2.05) is 0 Å². The average molecular weight is 589 g/mol. The standard InChI is InChI=1S/C11H28N2O5Si4.2CH3.2Y/c1-14-21(9-5-7-12)16-19(3)11-20(4)17-22(15-2,18-21)10-6-8-13;;;;/h12-13H,5-11H2,1-4H3;2*1H3;;/q-2;2*-1;;. The van der Waals surface area contributed by atoms with Crippen molar-refractivity contribution in [2.75, 3.05) is 27.3 Å². The average Bonchev–Trinajstić information content (AvgIpc) is 2.48. The maximum atomic E-state index is 7.41. The number of rotatable bonds is 8. The maximum Gasteiger partial charge on any atom is 0.482 e. The predicted octanol–water partition coefficient (Wildman–Crippen LogP) is 3.78. The second kappa shape index (κ2) is 18.6. The second-order valence-corrected chi connectivity index (χ2v) is 16.6. The summed E-state index contributed by atoms with van der Waals surface area (Å²) in [5, 5.41) is 0. The molecule has 4 radical (unpaired) electrons. The molecule has 152 valence electrons. The largest absolute Gasteiger partial charge is 0.677 e. The van der Waals surface area contributed by atoms with Crippen molar-refractivity contribution in [1.29, 1.82) is 0 Å². The van der Waals surface area contributed by atoms with Crippen LogP contribution < -0.4 is 0 Å². The van der Waals surface area contributed by atoms with Crippen molar-refractivity contribution in [2.24, 2.45) is 0 Å². The van der Waals surface area contributed by atoms with Crippen LogP contribution in [0.25, 0.3) is 11.5 Å². The fourth-order valence-electron chi connectivity index (χ4n) is 2.42. The molecule has 1 heterocycles. The van der Waals surface area contributed by atoms with E-state index in [2.05, 4.69) is 13.1 Å². The van der Waals surface area contributed by atoms with Crippen LogP contribution >= 0.6 is 0 Å². The van der Waals surface area contributed by atoms with Crippen LogP contribution in [0.15, 0.2) is 0 Å². The molecule has 2 atom stereocenters. The van der Waals surface area contributed by atoms with Crippen molar-refractivity contribution in [2.45, 2.75) is 43.7 Å².